The molecule has 0 bridgehead atoms. The molecule has 0 fully saturated rings. The second-order valence-electron chi connectivity index (χ2n) is 8.20. The van der Waals surface area contributed by atoms with Crippen LogP contribution in [0.3, 0.4) is 0 Å². The molecule has 2 heterocycles. The summed E-state index contributed by atoms with van der Waals surface area (Å²) in [4.78, 5) is 9.02. The van der Waals surface area contributed by atoms with Crippen LogP contribution in [0.2, 0.25) is 0 Å². The first-order valence-corrected chi connectivity index (χ1v) is 12.5. The van der Waals surface area contributed by atoms with Gasteiger partial charge in [0.05, 0.1) is 12.0 Å². The van der Waals surface area contributed by atoms with E-state index in [9.17, 15) is 4.39 Å². The van der Waals surface area contributed by atoms with E-state index in [0.29, 0.717) is 6.54 Å². The molecule has 0 spiro atoms. The summed E-state index contributed by atoms with van der Waals surface area (Å²) in [6.07, 6.45) is 8.10. The van der Waals surface area contributed by atoms with Crippen LogP contribution in [0, 0.1) is 12.7 Å². The number of nitrogens with zero attached hydrogens (tertiary/aromatic N) is 3. The van der Waals surface area contributed by atoms with Gasteiger partial charge in [-0.15, -0.1) is 0 Å². The number of hydrogen-bond donors (Lipinski definition) is 2. The van der Waals surface area contributed by atoms with E-state index in [1.54, 1.807) is 14.2 Å². The summed E-state index contributed by atoms with van der Waals surface area (Å²) in [5, 5.41) is 6.81. The van der Waals surface area contributed by atoms with E-state index in [-0.39, 0.29) is 11.9 Å². The number of aromatic nitrogens is 2. The minimum atomic E-state index is -0.220. The number of amidine groups is 1. The first-order chi connectivity index (χ1) is 17.5. The van der Waals surface area contributed by atoms with Crippen molar-refractivity contribution >= 4 is 11.9 Å². The minimum absolute atomic E-state index is 0.0735. The quantitative estimate of drug-likeness (QED) is 0.460. The van der Waals surface area contributed by atoms with Gasteiger partial charge in [-0.25, -0.2) is 9.37 Å². The summed E-state index contributed by atoms with van der Waals surface area (Å²) in [5.41, 5.74) is 5.50. The number of hydrogen-bond acceptors (Lipinski definition) is 5. The van der Waals surface area contributed by atoms with Gasteiger partial charge in [-0.2, -0.15) is 0 Å². The number of likely N-dealkylation sites (N-methyl/N-ethyl adjacent to an activating group) is 1. The minimum Gasteiger partial charge on any atom is -0.388 e. The molecule has 6 nitrogen and oxygen atoms in total. The van der Waals surface area contributed by atoms with Gasteiger partial charge < -0.3 is 19.9 Å². The number of halogens is 1. The molecule has 0 saturated carbocycles. The second kappa shape index (κ2) is 15.7. The van der Waals surface area contributed by atoms with Crippen molar-refractivity contribution in [2.45, 2.75) is 39.7 Å². The number of imidazole rings is 1. The molecule has 0 aliphatic carbocycles. The Morgan fingerprint density at radius 3 is 2.33 bits per heavy atom. The summed E-state index contributed by atoms with van der Waals surface area (Å²) in [5.74, 6) is 0.727. The molecule has 3 aromatic rings. The smallest absolute Gasteiger partial charge is 0.124 e. The van der Waals surface area contributed by atoms with Crippen molar-refractivity contribution in [3.63, 3.8) is 0 Å². The van der Waals surface area contributed by atoms with Crippen molar-refractivity contribution in [1.82, 2.24) is 20.2 Å². The molecule has 194 valence electrons. The van der Waals surface area contributed by atoms with Crippen LogP contribution in [0.25, 0.3) is 11.8 Å². The van der Waals surface area contributed by atoms with Gasteiger partial charge in [0.2, 0.25) is 0 Å². The highest BCUT2D eigenvalue weighted by Gasteiger charge is 2.15. The van der Waals surface area contributed by atoms with Gasteiger partial charge >= 0.3 is 0 Å². The Kier molecular flexibility index (Phi) is 12.6. The average molecular weight is 494 g/mol. The highest BCUT2D eigenvalue weighted by Crippen LogP contribution is 2.19. The SMILES string of the molecule is CC.CNC(CNC1=NCCC/C1=C\c1ccc(-n2cnc(C)c2)cc1)c1ccc(F)cc1.COC. The van der Waals surface area contributed by atoms with Crippen LogP contribution in [-0.2, 0) is 4.74 Å². The second-order valence-corrected chi connectivity index (χ2v) is 8.20. The lowest BCUT2D eigenvalue weighted by molar-refractivity contribution is 0.277. The highest BCUT2D eigenvalue weighted by molar-refractivity contribution is 6.02. The maximum absolute atomic E-state index is 13.2. The Balaban J connectivity index is 0.000000850. The molecule has 1 aliphatic rings. The van der Waals surface area contributed by atoms with Crippen molar-refractivity contribution in [2.75, 3.05) is 34.4 Å². The third-order valence-electron chi connectivity index (χ3n) is 5.52. The Hall–Kier alpha value is -3.29. The van der Waals surface area contributed by atoms with Gasteiger partial charge in [-0.05, 0) is 73.9 Å². The summed E-state index contributed by atoms with van der Waals surface area (Å²) in [6.45, 7) is 7.50. The monoisotopic (exact) mass is 493 g/mol. The zero-order chi connectivity index (χ0) is 26.3. The van der Waals surface area contributed by atoms with Crippen LogP contribution in [0.5, 0.6) is 0 Å². The molecule has 0 amide bonds. The lowest BCUT2D eigenvalue weighted by atomic mass is 10.0. The normalized spacial score (nSPS) is 14.6. The topological polar surface area (TPSA) is 63.5 Å². The van der Waals surface area contributed by atoms with E-state index in [1.165, 1.54) is 17.7 Å². The standard InChI is InChI=1S/C25H28FN5.C2H6O.C2H6/c1-18-16-31(17-30-18)23-11-5-19(6-12-23)14-21-4-3-13-28-25(21)29-15-24(27-2)20-7-9-22(26)10-8-20;1-3-2;1-2/h5-12,14,16-17,24,27H,3-4,13,15H2,1-2H3,(H,28,29);1-2H3;1-2H3/b21-14+;;. The van der Waals surface area contributed by atoms with E-state index in [1.807, 2.05) is 57.0 Å². The fraction of sp³-hybridized carbons (Fsp3) is 0.379. The summed E-state index contributed by atoms with van der Waals surface area (Å²) >= 11 is 0. The van der Waals surface area contributed by atoms with E-state index in [2.05, 4.69) is 50.7 Å². The van der Waals surface area contributed by atoms with Crippen molar-refractivity contribution in [1.29, 1.82) is 0 Å². The Morgan fingerprint density at radius 1 is 1.08 bits per heavy atom. The predicted octanol–water partition coefficient (Wildman–Crippen LogP) is 5.73. The van der Waals surface area contributed by atoms with Crippen molar-refractivity contribution in [3.8, 4) is 5.69 Å². The molecule has 0 radical (unpaired) electrons. The molecular formula is C29H40FN5O. The maximum Gasteiger partial charge on any atom is 0.124 e. The number of methoxy groups -OCH3 is 1. The van der Waals surface area contributed by atoms with Crippen molar-refractivity contribution in [2.24, 2.45) is 4.99 Å². The fourth-order valence-electron chi connectivity index (χ4n) is 3.78. The van der Waals surface area contributed by atoms with Crippen LogP contribution in [0.15, 0.2) is 71.6 Å². The largest absolute Gasteiger partial charge is 0.388 e. The fourth-order valence-corrected chi connectivity index (χ4v) is 3.78. The number of nitrogens with one attached hydrogen (secondary N) is 2. The molecule has 4 rings (SSSR count). The van der Waals surface area contributed by atoms with E-state index >= 15 is 0 Å². The first kappa shape index (κ1) is 28.9. The molecule has 7 heteroatoms. The number of ether oxygens (including phenoxy) is 1. The summed E-state index contributed by atoms with van der Waals surface area (Å²) in [6, 6.07) is 15.2. The molecule has 2 N–H and O–H groups in total. The van der Waals surface area contributed by atoms with Gasteiger partial charge in [0, 0.05) is 45.2 Å². The van der Waals surface area contributed by atoms with E-state index in [0.717, 1.165) is 47.7 Å². The molecule has 1 atom stereocenters. The Labute approximate surface area is 215 Å². The van der Waals surface area contributed by atoms with E-state index < -0.39 is 0 Å². The van der Waals surface area contributed by atoms with Gasteiger partial charge in [-0.3, -0.25) is 4.99 Å². The van der Waals surface area contributed by atoms with Crippen LogP contribution < -0.4 is 10.6 Å². The van der Waals surface area contributed by atoms with Crippen LogP contribution >= 0.6 is 0 Å². The van der Waals surface area contributed by atoms with Crippen molar-refractivity contribution < 1.29 is 9.13 Å². The zero-order valence-corrected chi connectivity index (χ0v) is 22.4. The number of benzene rings is 2. The number of rotatable bonds is 6. The Morgan fingerprint density at radius 2 is 1.75 bits per heavy atom. The average Bonchev–Trinajstić information content (AvgIpc) is 3.34. The molecule has 36 heavy (non-hydrogen) atoms. The van der Waals surface area contributed by atoms with Crippen LogP contribution in [0.4, 0.5) is 4.39 Å². The maximum atomic E-state index is 13.2. The molecule has 1 aliphatic heterocycles. The van der Waals surface area contributed by atoms with Crippen molar-refractivity contribution in [3.05, 3.63) is 89.3 Å². The molecule has 0 saturated heterocycles. The van der Waals surface area contributed by atoms with Gasteiger partial charge in [0.25, 0.3) is 0 Å². The predicted molar refractivity (Wildman–Crippen MR) is 148 cm³/mol. The molecule has 1 unspecified atom stereocenters. The van der Waals surface area contributed by atoms with Crippen LogP contribution in [-0.4, -0.2) is 49.7 Å². The van der Waals surface area contributed by atoms with Gasteiger partial charge in [0.1, 0.15) is 11.7 Å². The number of aryl methyl sites for hydroxylation is 1. The summed E-state index contributed by atoms with van der Waals surface area (Å²) < 4.78 is 19.5. The third kappa shape index (κ3) is 8.73. The molecule has 2 aromatic carbocycles. The summed E-state index contributed by atoms with van der Waals surface area (Å²) in [7, 11) is 5.17. The first-order valence-electron chi connectivity index (χ1n) is 12.5. The van der Waals surface area contributed by atoms with Gasteiger partial charge in [0.15, 0.2) is 0 Å². The highest BCUT2D eigenvalue weighted by atomic mass is 19.1. The van der Waals surface area contributed by atoms with Crippen LogP contribution in [0.1, 0.15) is 49.6 Å². The zero-order valence-electron chi connectivity index (χ0n) is 22.4. The van der Waals surface area contributed by atoms with E-state index in [4.69, 9.17) is 4.99 Å². The molecule has 1 aromatic heterocycles. The number of aliphatic imine (C=N–C) groups is 1. The molecular weight excluding hydrogens is 453 g/mol. The third-order valence-corrected chi connectivity index (χ3v) is 5.52. The van der Waals surface area contributed by atoms with Gasteiger partial charge in [-0.1, -0.05) is 38.1 Å². The lowest BCUT2D eigenvalue weighted by Crippen LogP contribution is -2.35. The lowest BCUT2D eigenvalue weighted by Gasteiger charge is -2.22. The Bertz CT molecular complexity index is 1090.